The van der Waals surface area contributed by atoms with Crippen LogP contribution in [0, 0.1) is 15.5 Å². The van der Waals surface area contributed by atoms with Crippen LogP contribution in [-0.4, -0.2) is 30.7 Å². The topological polar surface area (TPSA) is 107 Å². The smallest absolute Gasteiger partial charge is 0.292 e. The van der Waals surface area contributed by atoms with Gasteiger partial charge in [-0.25, -0.2) is 8.42 Å². The molecule has 0 radical (unpaired) electrons. The lowest BCUT2D eigenvalue weighted by molar-refractivity contribution is -0.383. The van der Waals surface area contributed by atoms with Gasteiger partial charge in [-0.05, 0) is 24.0 Å². The average Bonchev–Trinajstić information content (AvgIpc) is 2.69. The van der Waals surface area contributed by atoms with E-state index in [9.17, 15) is 18.5 Å². The summed E-state index contributed by atoms with van der Waals surface area (Å²) in [6.45, 7) is 4.90. The summed E-state index contributed by atoms with van der Waals surface area (Å²) >= 11 is 0. The van der Waals surface area contributed by atoms with E-state index in [4.69, 9.17) is 5.73 Å². The standard InChI is InChI=1S/C12H17N3O4S/c1-12(2)5-6-14(8-12)20(18,19)9-3-4-11(15(16)17)10(13)7-9/h3-4,7H,5-6,8,13H2,1-2H3. The Kier molecular flexibility index (Phi) is 3.47. The summed E-state index contributed by atoms with van der Waals surface area (Å²) in [5.74, 6) is 0. The summed E-state index contributed by atoms with van der Waals surface area (Å²) in [5.41, 5.74) is 5.06. The lowest BCUT2D eigenvalue weighted by Crippen LogP contribution is -2.30. The van der Waals surface area contributed by atoms with Gasteiger partial charge in [0.15, 0.2) is 0 Å². The quantitative estimate of drug-likeness (QED) is 0.518. The van der Waals surface area contributed by atoms with Crippen LogP contribution in [0.15, 0.2) is 23.1 Å². The molecule has 2 N–H and O–H groups in total. The van der Waals surface area contributed by atoms with E-state index in [2.05, 4.69) is 0 Å². The molecule has 1 aromatic carbocycles. The number of nitro groups is 1. The van der Waals surface area contributed by atoms with Crippen molar-refractivity contribution in [2.24, 2.45) is 5.41 Å². The highest BCUT2D eigenvalue weighted by molar-refractivity contribution is 7.89. The Morgan fingerprint density at radius 1 is 1.40 bits per heavy atom. The molecule has 0 bridgehead atoms. The van der Waals surface area contributed by atoms with E-state index in [1.807, 2.05) is 13.8 Å². The molecule has 0 spiro atoms. The molecule has 0 amide bonds. The molecule has 2 rings (SSSR count). The number of benzene rings is 1. The molecule has 0 aliphatic carbocycles. The number of nitro benzene ring substituents is 1. The monoisotopic (exact) mass is 299 g/mol. The van der Waals surface area contributed by atoms with Crippen molar-refractivity contribution in [3.63, 3.8) is 0 Å². The molecule has 1 aromatic rings. The maximum absolute atomic E-state index is 12.5. The van der Waals surface area contributed by atoms with E-state index < -0.39 is 14.9 Å². The first-order valence-corrected chi connectivity index (χ1v) is 7.62. The third-order valence-corrected chi connectivity index (χ3v) is 5.32. The summed E-state index contributed by atoms with van der Waals surface area (Å²) < 4.78 is 26.3. The van der Waals surface area contributed by atoms with Gasteiger partial charge < -0.3 is 5.73 Å². The van der Waals surface area contributed by atoms with Crippen LogP contribution in [0.2, 0.25) is 0 Å². The van der Waals surface area contributed by atoms with Gasteiger partial charge in [-0.1, -0.05) is 13.8 Å². The summed E-state index contributed by atoms with van der Waals surface area (Å²) in [7, 11) is -3.64. The minimum Gasteiger partial charge on any atom is -0.393 e. The number of sulfonamides is 1. The zero-order valence-electron chi connectivity index (χ0n) is 11.4. The largest absolute Gasteiger partial charge is 0.393 e. The molecule has 1 heterocycles. The molecular formula is C12H17N3O4S. The highest BCUT2D eigenvalue weighted by Crippen LogP contribution is 2.34. The molecule has 0 saturated carbocycles. The third-order valence-electron chi connectivity index (χ3n) is 3.48. The molecule has 1 aliphatic heterocycles. The van der Waals surface area contributed by atoms with Crippen molar-refractivity contribution in [2.75, 3.05) is 18.8 Å². The predicted molar refractivity (Wildman–Crippen MR) is 74.7 cm³/mol. The van der Waals surface area contributed by atoms with Gasteiger partial charge in [-0.2, -0.15) is 4.31 Å². The molecular weight excluding hydrogens is 282 g/mol. The molecule has 1 saturated heterocycles. The Morgan fingerprint density at radius 3 is 2.50 bits per heavy atom. The highest BCUT2D eigenvalue weighted by atomic mass is 32.2. The second-order valence-corrected chi connectivity index (χ2v) is 7.67. The number of hydrogen-bond donors (Lipinski definition) is 1. The Labute approximate surface area is 117 Å². The maximum atomic E-state index is 12.5. The maximum Gasteiger partial charge on any atom is 0.292 e. The fraction of sp³-hybridized carbons (Fsp3) is 0.500. The molecule has 20 heavy (non-hydrogen) atoms. The Morgan fingerprint density at radius 2 is 2.05 bits per heavy atom. The number of rotatable bonds is 3. The lowest BCUT2D eigenvalue weighted by atomic mass is 9.93. The van der Waals surface area contributed by atoms with Crippen LogP contribution in [0.4, 0.5) is 11.4 Å². The van der Waals surface area contributed by atoms with Crippen molar-refractivity contribution in [3.05, 3.63) is 28.3 Å². The average molecular weight is 299 g/mol. The van der Waals surface area contributed by atoms with Gasteiger partial charge in [0.2, 0.25) is 10.0 Å². The molecule has 0 unspecified atom stereocenters. The number of anilines is 1. The first-order chi connectivity index (χ1) is 9.13. The summed E-state index contributed by atoms with van der Waals surface area (Å²) in [4.78, 5) is 10.1. The molecule has 110 valence electrons. The molecule has 0 atom stereocenters. The highest BCUT2D eigenvalue weighted by Gasteiger charge is 2.37. The number of hydrogen-bond acceptors (Lipinski definition) is 5. The summed E-state index contributed by atoms with van der Waals surface area (Å²) in [6.07, 6.45) is 0.786. The van der Waals surface area contributed by atoms with Crippen molar-refractivity contribution in [1.29, 1.82) is 0 Å². The molecule has 0 aromatic heterocycles. The van der Waals surface area contributed by atoms with Crippen LogP contribution in [0.5, 0.6) is 0 Å². The summed E-state index contributed by atoms with van der Waals surface area (Å²) in [5, 5.41) is 10.7. The second-order valence-electron chi connectivity index (χ2n) is 5.73. The predicted octanol–water partition coefficient (Wildman–Crippen LogP) is 1.60. The van der Waals surface area contributed by atoms with Gasteiger partial charge in [-0.15, -0.1) is 0 Å². The fourth-order valence-corrected chi connectivity index (χ4v) is 3.94. The molecule has 8 heteroatoms. The lowest BCUT2D eigenvalue weighted by Gasteiger charge is -2.19. The summed E-state index contributed by atoms with van der Waals surface area (Å²) in [6, 6.07) is 3.51. The van der Waals surface area contributed by atoms with Gasteiger partial charge >= 0.3 is 0 Å². The number of nitrogen functional groups attached to an aromatic ring is 1. The van der Waals surface area contributed by atoms with Crippen molar-refractivity contribution >= 4 is 21.4 Å². The van der Waals surface area contributed by atoms with E-state index >= 15 is 0 Å². The van der Waals surface area contributed by atoms with Crippen LogP contribution < -0.4 is 5.73 Å². The van der Waals surface area contributed by atoms with Gasteiger partial charge in [0.25, 0.3) is 5.69 Å². The van der Waals surface area contributed by atoms with Gasteiger partial charge in [-0.3, -0.25) is 10.1 Å². The number of nitrogens with two attached hydrogens (primary N) is 1. The van der Waals surface area contributed by atoms with Crippen molar-refractivity contribution in [2.45, 2.75) is 25.2 Å². The van der Waals surface area contributed by atoms with E-state index in [0.717, 1.165) is 18.6 Å². The van der Waals surface area contributed by atoms with Crippen LogP contribution >= 0.6 is 0 Å². The second kappa shape index (κ2) is 4.71. The van der Waals surface area contributed by atoms with E-state index in [1.165, 1.54) is 10.4 Å². The van der Waals surface area contributed by atoms with Gasteiger partial charge in [0, 0.05) is 19.2 Å². The third kappa shape index (κ3) is 2.61. The first kappa shape index (κ1) is 14.7. The molecule has 1 fully saturated rings. The molecule has 1 aliphatic rings. The first-order valence-electron chi connectivity index (χ1n) is 6.18. The minimum absolute atomic E-state index is 0.00157. The van der Waals surface area contributed by atoms with Gasteiger partial charge in [0.1, 0.15) is 5.69 Å². The van der Waals surface area contributed by atoms with E-state index in [-0.39, 0.29) is 21.7 Å². The Hall–Kier alpha value is -1.67. The van der Waals surface area contributed by atoms with Crippen LogP contribution in [0.1, 0.15) is 20.3 Å². The van der Waals surface area contributed by atoms with Crippen LogP contribution in [-0.2, 0) is 10.0 Å². The zero-order chi connectivity index (χ0) is 15.1. The molecule has 7 nitrogen and oxygen atoms in total. The van der Waals surface area contributed by atoms with Gasteiger partial charge in [0.05, 0.1) is 9.82 Å². The van der Waals surface area contributed by atoms with E-state index in [0.29, 0.717) is 13.1 Å². The van der Waals surface area contributed by atoms with Crippen molar-refractivity contribution in [1.82, 2.24) is 4.31 Å². The SMILES string of the molecule is CC1(C)CCN(S(=O)(=O)c2ccc([N+](=O)[O-])c(N)c2)C1. The van der Waals surface area contributed by atoms with Crippen LogP contribution in [0.25, 0.3) is 0 Å². The Bertz CT molecular complexity index is 655. The normalized spacial score (nSPS) is 19.1. The number of nitrogens with zero attached hydrogens (tertiary/aromatic N) is 2. The zero-order valence-corrected chi connectivity index (χ0v) is 12.2. The Balaban J connectivity index is 2.36. The van der Waals surface area contributed by atoms with Crippen molar-refractivity contribution in [3.8, 4) is 0 Å². The fourth-order valence-electron chi connectivity index (χ4n) is 2.28. The van der Waals surface area contributed by atoms with E-state index in [1.54, 1.807) is 0 Å². The van der Waals surface area contributed by atoms with Crippen LogP contribution in [0.3, 0.4) is 0 Å². The van der Waals surface area contributed by atoms with Crippen molar-refractivity contribution < 1.29 is 13.3 Å². The minimum atomic E-state index is -3.64.